The number of hydrogen-bond donors (Lipinski definition) is 0. The molecular weight excluding hydrogens is 1040 g/mol. The molecule has 14 nitrogen and oxygen atoms in total. The second kappa shape index (κ2) is 30.0. The highest BCUT2D eigenvalue weighted by Crippen LogP contribution is 2.48. The molecule has 0 aliphatic rings. The lowest BCUT2D eigenvalue weighted by molar-refractivity contribution is -0.143. The lowest BCUT2D eigenvalue weighted by atomic mass is 9.94. The Kier molecular flexibility index (Phi) is 24.9. The molecule has 0 spiro atoms. The SMILES string of the molecule is C=CCc1c(OC)c(C=CC(=O)c2ccc(OC(=O)C(C)(C)C)cc2)c(OC(=O)C(C)(C)C)c(CC=C)c1OC.CC=CCc1c(OC)c(C=CC(=O)c2ccc(OC(=O)C(C)(C)C)cc2)c(OC(=O)C(C)(C)C)c(CC=CC)c1OC. The molecule has 0 saturated carbocycles. The number of methoxy groups -OCH3 is 4. The Hall–Kier alpha value is -8.26. The minimum absolute atomic E-state index is 0.231. The van der Waals surface area contributed by atoms with Crippen LogP contribution in [-0.4, -0.2) is 63.9 Å². The predicted octanol–water partition coefficient (Wildman–Crippen LogP) is 14.7. The fraction of sp³-hybridized carbons (Fsp3) is 0.382. The van der Waals surface area contributed by atoms with Crippen LogP contribution in [0.25, 0.3) is 12.2 Å². The van der Waals surface area contributed by atoms with Crippen molar-refractivity contribution in [1.29, 1.82) is 0 Å². The molecule has 14 heteroatoms. The van der Waals surface area contributed by atoms with Gasteiger partial charge in [-0.25, -0.2) is 0 Å². The van der Waals surface area contributed by atoms with Gasteiger partial charge in [0, 0.05) is 33.4 Å². The number of ketones is 2. The molecule has 0 aliphatic heterocycles. The summed E-state index contributed by atoms with van der Waals surface area (Å²) >= 11 is 0. The summed E-state index contributed by atoms with van der Waals surface area (Å²) in [7, 11) is 6.14. The predicted molar refractivity (Wildman–Crippen MR) is 324 cm³/mol. The van der Waals surface area contributed by atoms with Gasteiger partial charge in [0.1, 0.15) is 46.0 Å². The minimum Gasteiger partial charge on any atom is -0.496 e. The molecule has 4 aromatic carbocycles. The molecule has 0 saturated heterocycles. The van der Waals surface area contributed by atoms with Gasteiger partial charge in [0.05, 0.1) is 61.2 Å². The van der Waals surface area contributed by atoms with E-state index in [1.807, 2.05) is 38.2 Å². The number of hydrogen-bond acceptors (Lipinski definition) is 14. The third-order valence-corrected chi connectivity index (χ3v) is 12.1. The van der Waals surface area contributed by atoms with Crippen molar-refractivity contribution in [3.8, 4) is 46.0 Å². The van der Waals surface area contributed by atoms with Crippen molar-refractivity contribution >= 4 is 47.6 Å². The third-order valence-electron chi connectivity index (χ3n) is 12.1. The molecule has 82 heavy (non-hydrogen) atoms. The van der Waals surface area contributed by atoms with Crippen LogP contribution in [0.1, 0.15) is 151 Å². The topological polar surface area (TPSA) is 176 Å². The van der Waals surface area contributed by atoms with E-state index in [1.54, 1.807) is 163 Å². The second-order valence-corrected chi connectivity index (χ2v) is 23.1. The number of carbonyl (C=O) groups is 6. The molecular formula is C68H84O14. The maximum absolute atomic E-state index is 13.3. The van der Waals surface area contributed by atoms with Crippen molar-refractivity contribution in [2.75, 3.05) is 28.4 Å². The molecule has 0 atom stereocenters. The zero-order valence-corrected chi connectivity index (χ0v) is 51.4. The second-order valence-electron chi connectivity index (χ2n) is 23.1. The van der Waals surface area contributed by atoms with Crippen LogP contribution in [0.4, 0.5) is 0 Å². The molecule has 4 aromatic rings. The van der Waals surface area contributed by atoms with Crippen LogP contribution in [0.15, 0.2) is 110 Å². The van der Waals surface area contributed by atoms with E-state index in [0.29, 0.717) is 99.1 Å². The van der Waals surface area contributed by atoms with Crippen molar-refractivity contribution in [2.24, 2.45) is 21.7 Å². The van der Waals surface area contributed by atoms with Gasteiger partial charge in [0.25, 0.3) is 0 Å². The number of rotatable bonds is 22. The van der Waals surface area contributed by atoms with Crippen molar-refractivity contribution in [2.45, 2.75) is 123 Å². The standard InChI is InChI=1S/C35H44O7.C33H40O7/c1-11-13-15-25-29(39-9)26(16-14-12-2)31(42-33(38)35(6,7)8)27(30(25)40-10)21-22-28(36)23-17-19-24(20-18-23)41-32(37)34(3,4)5;1-11-13-23-27(37-9)24(14-12-2)29(40-31(36)33(6,7)8)25(28(23)38-10)19-20-26(34)21-15-17-22(18-16-21)39-30(35)32(3,4)5/h11-14,17-22H,15-16H2,1-10H3;11-12,15-20H,1-2,13-14H2,3-10H3. The summed E-state index contributed by atoms with van der Waals surface area (Å²) in [6.07, 6.45) is 18.8. The molecule has 0 aliphatic carbocycles. The summed E-state index contributed by atoms with van der Waals surface area (Å²) in [5.41, 5.74) is 1.51. The average Bonchev–Trinajstić information content (AvgIpc) is 3.41. The highest BCUT2D eigenvalue weighted by molar-refractivity contribution is 6.08. The van der Waals surface area contributed by atoms with Gasteiger partial charge in [-0.15, -0.1) is 13.2 Å². The average molecular weight is 1130 g/mol. The Balaban J connectivity index is 0.000000431. The van der Waals surface area contributed by atoms with E-state index in [4.69, 9.17) is 37.9 Å². The Labute approximate surface area is 485 Å². The van der Waals surface area contributed by atoms with Crippen LogP contribution in [-0.2, 0) is 44.9 Å². The number of benzene rings is 4. The number of allylic oxidation sites excluding steroid dienone is 8. The first-order chi connectivity index (χ1) is 38.4. The lowest BCUT2D eigenvalue weighted by Crippen LogP contribution is -2.26. The van der Waals surface area contributed by atoms with Gasteiger partial charge in [0.2, 0.25) is 0 Å². The van der Waals surface area contributed by atoms with Gasteiger partial charge in [-0.2, -0.15) is 0 Å². The van der Waals surface area contributed by atoms with Crippen molar-refractivity contribution in [1.82, 2.24) is 0 Å². The fourth-order valence-electron chi connectivity index (χ4n) is 7.53. The molecule has 440 valence electrons. The van der Waals surface area contributed by atoms with Crippen molar-refractivity contribution in [3.05, 3.63) is 155 Å². The molecule has 4 rings (SSSR count). The van der Waals surface area contributed by atoms with E-state index in [0.717, 1.165) is 5.56 Å². The highest BCUT2D eigenvalue weighted by Gasteiger charge is 2.33. The molecule has 0 bridgehead atoms. The molecule has 0 radical (unpaired) electrons. The van der Waals surface area contributed by atoms with Crippen LogP contribution in [0, 0.1) is 21.7 Å². The summed E-state index contributed by atoms with van der Waals surface area (Å²) in [4.78, 5) is 76.9. The maximum Gasteiger partial charge on any atom is 0.316 e. The number of esters is 4. The summed E-state index contributed by atoms with van der Waals surface area (Å²) in [5.74, 6) is 0.867. The van der Waals surface area contributed by atoms with Crippen LogP contribution >= 0.6 is 0 Å². The molecule has 0 heterocycles. The first-order valence-corrected chi connectivity index (χ1v) is 27.0. The highest BCUT2D eigenvalue weighted by atomic mass is 16.6. The number of ether oxygens (including phenoxy) is 8. The van der Waals surface area contributed by atoms with E-state index in [1.165, 1.54) is 33.5 Å². The Bertz CT molecular complexity index is 3080. The van der Waals surface area contributed by atoms with Gasteiger partial charge in [-0.1, -0.05) is 36.5 Å². The van der Waals surface area contributed by atoms with Crippen molar-refractivity contribution < 1.29 is 66.7 Å². The van der Waals surface area contributed by atoms with Crippen LogP contribution in [0.3, 0.4) is 0 Å². The summed E-state index contributed by atoms with van der Waals surface area (Å²) in [5, 5.41) is 0. The smallest absolute Gasteiger partial charge is 0.316 e. The summed E-state index contributed by atoms with van der Waals surface area (Å²) < 4.78 is 46.0. The zero-order chi connectivity index (χ0) is 61.9. The quantitative estimate of drug-likeness (QED) is 0.0239. The summed E-state index contributed by atoms with van der Waals surface area (Å²) in [6, 6.07) is 12.7. The first kappa shape index (κ1) is 68.0. The molecule has 0 N–H and O–H groups in total. The summed E-state index contributed by atoms with van der Waals surface area (Å²) in [6.45, 7) is 32.7. The first-order valence-electron chi connectivity index (χ1n) is 27.0. The zero-order valence-electron chi connectivity index (χ0n) is 51.4. The Morgan fingerprint density at radius 3 is 0.927 bits per heavy atom. The van der Waals surface area contributed by atoms with Gasteiger partial charge < -0.3 is 37.9 Å². The molecule has 0 amide bonds. The lowest BCUT2D eigenvalue weighted by Gasteiger charge is -2.24. The van der Waals surface area contributed by atoms with E-state index >= 15 is 0 Å². The van der Waals surface area contributed by atoms with E-state index < -0.39 is 33.6 Å². The van der Waals surface area contributed by atoms with Crippen molar-refractivity contribution in [3.63, 3.8) is 0 Å². The Morgan fingerprint density at radius 1 is 0.390 bits per heavy atom. The van der Waals surface area contributed by atoms with E-state index in [2.05, 4.69) is 13.2 Å². The number of carbonyl (C=O) groups excluding carboxylic acids is 6. The monoisotopic (exact) mass is 1120 g/mol. The molecule has 0 unspecified atom stereocenters. The minimum atomic E-state index is -0.791. The van der Waals surface area contributed by atoms with Gasteiger partial charge >= 0.3 is 23.9 Å². The fourth-order valence-corrected chi connectivity index (χ4v) is 7.53. The molecule has 0 fully saturated rings. The van der Waals surface area contributed by atoms with Gasteiger partial charge in [0.15, 0.2) is 11.6 Å². The van der Waals surface area contributed by atoms with Crippen LogP contribution in [0.2, 0.25) is 0 Å². The van der Waals surface area contributed by atoms with Gasteiger partial charge in [-0.3, -0.25) is 28.8 Å². The van der Waals surface area contributed by atoms with Crippen LogP contribution < -0.4 is 37.9 Å². The normalized spacial score (nSPS) is 11.9. The van der Waals surface area contributed by atoms with Gasteiger partial charge in [-0.05, 0) is 195 Å². The largest absolute Gasteiger partial charge is 0.496 e. The van der Waals surface area contributed by atoms with E-state index in [9.17, 15) is 28.8 Å². The van der Waals surface area contributed by atoms with Crippen LogP contribution in [0.5, 0.6) is 46.0 Å². The maximum atomic E-state index is 13.3. The third kappa shape index (κ3) is 18.4. The van der Waals surface area contributed by atoms with E-state index in [-0.39, 0.29) is 35.0 Å². The Morgan fingerprint density at radius 2 is 0.659 bits per heavy atom. The molecule has 0 aromatic heterocycles.